The minimum atomic E-state index is 0.0437. The molecular formula is C23H30ClN5O2. The fourth-order valence-electron chi connectivity index (χ4n) is 4.28. The Labute approximate surface area is 188 Å². The molecule has 8 heteroatoms. The van der Waals surface area contributed by atoms with E-state index < -0.39 is 0 Å². The number of rotatable bonds is 7. The third-order valence-electron chi connectivity index (χ3n) is 6.12. The molecule has 2 saturated heterocycles. The molecule has 0 spiro atoms. The number of ether oxygens (including phenoxy) is 1. The van der Waals surface area contributed by atoms with Crippen molar-refractivity contribution >= 4 is 23.2 Å². The molecule has 2 aromatic rings. The number of carbonyl (C=O) groups excluding carboxylic acids is 1. The van der Waals surface area contributed by atoms with Crippen LogP contribution in [0.4, 0.5) is 5.82 Å². The number of nitrogens with zero attached hydrogens (tertiary/aromatic N) is 3. The second-order valence-electron chi connectivity index (χ2n) is 8.72. The van der Waals surface area contributed by atoms with E-state index in [4.69, 9.17) is 21.3 Å². The first-order valence-electron chi connectivity index (χ1n) is 11.1. The highest BCUT2D eigenvalue weighted by molar-refractivity contribution is 6.33. The molecule has 7 nitrogen and oxygen atoms in total. The van der Waals surface area contributed by atoms with Crippen molar-refractivity contribution in [2.45, 2.75) is 32.6 Å². The molecule has 2 aliphatic heterocycles. The molecule has 2 aromatic heterocycles. The predicted octanol–water partition coefficient (Wildman–Crippen LogP) is 3.39. The minimum absolute atomic E-state index is 0.0437. The molecule has 0 unspecified atom stereocenters. The molecule has 4 rings (SSSR count). The van der Waals surface area contributed by atoms with Gasteiger partial charge in [0.15, 0.2) is 0 Å². The Bertz CT molecular complexity index is 903. The van der Waals surface area contributed by atoms with Crippen LogP contribution in [0.3, 0.4) is 0 Å². The van der Waals surface area contributed by atoms with E-state index in [9.17, 15) is 4.79 Å². The first-order chi connectivity index (χ1) is 15.1. The van der Waals surface area contributed by atoms with Crippen molar-refractivity contribution in [2.75, 3.05) is 38.2 Å². The number of aromatic nitrogens is 3. The Hall–Kier alpha value is -2.09. The van der Waals surface area contributed by atoms with Gasteiger partial charge in [-0.15, -0.1) is 0 Å². The van der Waals surface area contributed by atoms with Crippen LogP contribution in [0.15, 0.2) is 24.7 Å². The molecule has 0 bridgehead atoms. The standard InChI is InChI=1S/C23H30ClN5O2/c1-15-6-17(11-25-9-15)22(30)8-18-7-19(20(24)12-27-18)21-13-26-14-23(29-21)28-10-16-2-4-31-5-3-16/h7,12-17,25H,2-6,8-11H2,1H3,(H,28,29)/t15-,17+/m0/s1. The van der Waals surface area contributed by atoms with Gasteiger partial charge in [0.25, 0.3) is 0 Å². The van der Waals surface area contributed by atoms with E-state index in [0.29, 0.717) is 34.7 Å². The fraction of sp³-hybridized carbons (Fsp3) is 0.565. The number of hydrogen-bond donors (Lipinski definition) is 2. The zero-order valence-electron chi connectivity index (χ0n) is 17.9. The van der Waals surface area contributed by atoms with Crippen molar-refractivity contribution in [3.63, 3.8) is 0 Å². The van der Waals surface area contributed by atoms with Crippen LogP contribution in [0.1, 0.15) is 31.9 Å². The average molecular weight is 444 g/mol. The summed E-state index contributed by atoms with van der Waals surface area (Å²) < 4.78 is 5.42. The highest BCUT2D eigenvalue weighted by atomic mass is 35.5. The van der Waals surface area contributed by atoms with E-state index in [1.165, 1.54) is 0 Å². The number of halogens is 1. The largest absolute Gasteiger partial charge is 0.381 e. The molecule has 2 N–H and O–H groups in total. The van der Waals surface area contributed by atoms with Crippen LogP contribution in [0.5, 0.6) is 0 Å². The summed E-state index contributed by atoms with van der Waals surface area (Å²) in [5.74, 6) is 2.08. The molecule has 0 radical (unpaired) electrons. The van der Waals surface area contributed by atoms with Crippen LogP contribution in [0.2, 0.25) is 5.02 Å². The third-order valence-corrected chi connectivity index (χ3v) is 6.42. The smallest absolute Gasteiger partial charge is 0.145 e. The van der Waals surface area contributed by atoms with Crippen LogP contribution in [0, 0.1) is 17.8 Å². The second kappa shape index (κ2) is 10.5. The maximum atomic E-state index is 12.8. The highest BCUT2D eigenvalue weighted by Gasteiger charge is 2.25. The molecule has 0 amide bonds. The zero-order chi connectivity index (χ0) is 21.6. The van der Waals surface area contributed by atoms with Gasteiger partial charge in [0.2, 0.25) is 0 Å². The fourth-order valence-corrected chi connectivity index (χ4v) is 4.48. The predicted molar refractivity (Wildman–Crippen MR) is 121 cm³/mol. The average Bonchev–Trinajstić information content (AvgIpc) is 2.80. The zero-order valence-corrected chi connectivity index (χ0v) is 18.7. The summed E-state index contributed by atoms with van der Waals surface area (Å²) >= 11 is 6.43. The number of piperidine rings is 1. The number of pyridine rings is 1. The van der Waals surface area contributed by atoms with E-state index in [0.717, 1.165) is 63.5 Å². The normalized spacial score (nSPS) is 22.3. The molecule has 0 saturated carbocycles. The summed E-state index contributed by atoms with van der Waals surface area (Å²) in [6.45, 7) is 6.39. The van der Waals surface area contributed by atoms with Crippen LogP contribution in [-0.4, -0.2) is 53.6 Å². The van der Waals surface area contributed by atoms with Gasteiger partial charge in [-0.25, -0.2) is 4.98 Å². The maximum absolute atomic E-state index is 12.8. The Morgan fingerprint density at radius 1 is 1.26 bits per heavy atom. The van der Waals surface area contributed by atoms with Crippen LogP contribution >= 0.6 is 11.6 Å². The summed E-state index contributed by atoms with van der Waals surface area (Å²) in [6, 6.07) is 1.87. The van der Waals surface area contributed by atoms with Crippen molar-refractivity contribution in [1.29, 1.82) is 0 Å². The number of ketones is 1. The van der Waals surface area contributed by atoms with Gasteiger partial charge in [0.05, 0.1) is 23.1 Å². The third kappa shape index (κ3) is 5.99. The molecular weight excluding hydrogens is 414 g/mol. The van der Waals surface area contributed by atoms with Gasteiger partial charge in [-0.1, -0.05) is 18.5 Å². The lowest BCUT2D eigenvalue weighted by molar-refractivity contribution is -0.123. The van der Waals surface area contributed by atoms with Crippen molar-refractivity contribution in [3.05, 3.63) is 35.4 Å². The molecule has 2 atom stereocenters. The van der Waals surface area contributed by atoms with Gasteiger partial charge in [0.1, 0.15) is 11.6 Å². The lowest BCUT2D eigenvalue weighted by Gasteiger charge is -2.26. The summed E-state index contributed by atoms with van der Waals surface area (Å²) in [4.78, 5) is 26.2. The number of anilines is 1. The lowest BCUT2D eigenvalue weighted by Crippen LogP contribution is -2.39. The Morgan fingerprint density at radius 3 is 2.90 bits per heavy atom. The van der Waals surface area contributed by atoms with Gasteiger partial charge in [0, 0.05) is 56.1 Å². The van der Waals surface area contributed by atoms with Gasteiger partial charge >= 0.3 is 0 Å². The SMILES string of the molecule is C[C@@H]1CNC[C@H](C(=O)Cc2cc(-c3cncc(NCC4CCOCC4)n3)c(Cl)cn2)C1. The summed E-state index contributed by atoms with van der Waals surface area (Å²) in [6.07, 6.45) is 8.37. The first-order valence-corrected chi connectivity index (χ1v) is 11.5. The molecule has 0 aromatic carbocycles. The van der Waals surface area contributed by atoms with E-state index >= 15 is 0 Å². The van der Waals surface area contributed by atoms with Crippen LogP contribution in [-0.2, 0) is 16.0 Å². The topological polar surface area (TPSA) is 89.0 Å². The molecule has 166 valence electrons. The molecule has 4 heterocycles. The van der Waals surface area contributed by atoms with E-state index in [1.807, 2.05) is 6.07 Å². The highest BCUT2D eigenvalue weighted by Crippen LogP contribution is 2.28. The number of carbonyl (C=O) groups is 1. The minimum Gasteiger partial charge on any atom is -0.381 e. The summed E-state index contributed by atoms with van der Waals surface area (Å²) in [5, 5.41) is 7.23. The Kier molecular flexibility index (Phi) is 7.48. The molecule has 2 aliphatic rings. The van der Waals surface area contributed by atoms with E-state index in [-0.39, 0.29) is 11.7 Å². The molecule has 0 aliphatic carbocycles. The summed E-state index contributed by atoms with van der Waals surface area (Å²) in [5.41, 5.74) is 2.13. The van der Waals surface area contributed by atoms with Crippen molar-refractivity contribution in [3.8, 4) is 11.3 Å². The van der Waals surface area contributed by atoms with Crippen molar-refractivity contribution < 1.29 is 9.53 Å². The Balaban J connectivity index is 1.44. The summed E-state index contributed by atoms with van der Waals surface area (Å²) in [7, 11) is 0. The van der Waals surface area contributed by atoms with Crippen LogP contribution in [0.25, 0.3) is 11.3 Å². The van der Waals surface area contributed by atoms with Gasteiger partial charge in [-0.3, -0.25) is 14.8 Å². The maximum Gasteiger partial charge on any atom is 0.145 e. The van der Waals surface area contributed by atoms with Gasteiger partial charge in [-0.05, 0) is 43.7 Å². The van der Waals surface area contributed by atoms with Crippen molar-refractivity contribution in [2.24, 2.45) is 17.8 Å². The number of Topliss-reactive ketones (excluding diaryl/α,β-unsaturated/α-hetero) is 1. The van der Waals surface area contributed by atoms with Crippen LogP contribution < -0.4 is 10.6 Å². The number of nitrogens with one attached hydrogen (secondary N) is 2. The second-order valence-corrected chi connectivity index (χ2v) is 9.13. The molecule has 2 fully saturated rings. The van der Waals surface area contributed by atoms with E-state index in [1.54, 1.807) is 18.6 Å². The van der Waals surface area contributed by atoms with Gasteiger partial charge in [-0.2, -0.15) is 0 Å². The van der Waals surface area contributed by atoms with Gasteiger partial charge < -0.3 is 15.4 Å². The Morgan fingerprint density at radius 2 is 2.10 bits per heavy atom. The monoisotopic (exact) mass is 443 g/mol. The quantitative estimate of drug-likeness (QED) is 0.677. The lowest BCUT2D eigenvalue weighted by atomic mass is 9.87. The van der Waals surface area contributed by atoms with E-state index in [2.05, 4.69) is 27.5 Å². The van der Waals surface area contributed by atoms with Crippen molar-refractivity contribution in [1.82, 2.24) is 20.3 Å². The molecule has 31 heavy (non-hydrogen) atoms. The first kappa shape index (κ1) is 22.1. The number of hydrogen-bond acceptors (Lipinski definition) is 7.